The molecule has 0 unspecified atom stereocenters. The third kappa shape index (κ3) is 3.56. The van der Waals surface area contributed by atoms with E-state index in [0.717, 1.165) is 48.2 Å². The molecular formula is C25H23NO. The van der Waals surface area contributed by atoms with Crippen LogP contribution < -0.4 is 4.90 Å². The van der Waals surface area contributed by atoms with E-state index in [2.05, 4.69) is 42.5 Å². The normalized spacial score (nSPS) is 14.1. The topological polar surface area (TPSA) is 20.3 Å². The standard InChI is InChI=1S/C25H23NO/c27-19-26(24-17-9-7-15-22(24)20-11-3-1-4-12-20)25-18-10-8-16-23(25)21-13-5-2-6-14-21/h1-7,9,11-15,17,19H,8,10,16,18H2. The SMILES string of the molecule is O=CN(C1=C(c2ccccc2)CCCC1)c1ccccc1-c1ccccc1. The zero-order valence-corrected chi connectivity index (χ0v) is 15.3. The van der Waals surface area contributed by atoms with Gasteiger partial charge in [-0.3, -0.25) is 9.69 Å². The van der Waals surface area contributed by atoms with Gasteiger partial charge in [0.15, 0.2) is 0 Å². The van der Waals surface area contributed by atoms with Gasteiger partial charge in [-0.1, -0.05) is 78.9 Å². The second-order valence-electron chi connectivity index (χ2n) is 6.86. The molecule has 1 aliphatic rings. The molecule has 2 nitrogen and oxygen atoms in total. The summed E-state index contributed by atoms with van der Waals surface area (Å²) in [7, 11) is 0. The Morgan fingerprint density at radius 3 is 1.96 bits per heavy atom. The van der Waals surface area contributed by atoms with Gasteiger partial charge in [0, 0.05) is 11.3 Å². The summed E-state index contributed by atoms with van der Waals surface area (Å²) in [5, 5.41) is 0. The number of allylic oxidation sites excluding steroid dienone is 2. The molecule has 1 amide bonds. The van der Waals surface area contributed by atoms with E-state index >= 15 is 0 Å². The average molecular weight is 353 g/mol. The summed E-state index contributed by atoms with van der Waals surface area (Å²) in [5.41, 5.74) is 6.79. The molecule has 0 bridgehead atoms. The number of carbonyl (C=O) groups excluding carboxylic acids is 1. The van der Waals surface area contributed by atoms with Gasteiger partial charge in [0.1, 0.15) is 0 Å². The Morgan fingerprint density at radius 2 is 1.26 bits per heavy atom. The fourth-order valence-corrected chi connectivity index (χ4v) is 3.92. The van der Waals surface area contributed by atoms with Crippen LogP contribution in [-0.2, 0) is 4.79 Å². The van der Waals surface area contributed by atoms with Crippen LogP contribution in [0.4, 0.5) is 5.69 Å². The van der Waals surface area contributed by atoms with Crippen LogP contribution in [-0.4, -0.2) is 6.41 Å². The van der Waals surface area contributed by atoms with E-state index in [1.165, 1.54) is 17.6 Å². The molecule has 0 N–H and O–H groups in total. The second kappa shape index (κ2) is 8.05. The first-order chi connectivity index (χ1) is 13.4. The van der Waals surface area contributed by atoms with E-state index in [-0.39, 0.29) is 0 Å². The van der Waals surface area contributed by atoms with Gasteiger partial charge in [0.25, 0.3) is 0 Å². The number of amides is 1. The lowest BCUT2D eigenvalue weighted by atomic mass is 9.90. The molecule has 27 heavy (non-hydrogen) atoms. The van der Waals surface area contributed by atoms with Crippen molar-refractivity contribution >= 4 is 17.7 Å². The maximum Gasteiger partial charge on any atom is 0.218 e. The Labute approximate surface area is 160 Å². The molecule has 0 aromatic heterocycles. The summed E-state index contributed by atoms with van der Waals surface area (Å²) < 4.78 is 0. The minimum Gasteiger partial charge on any atom is -0.287 e. The molecule has 0 atom stereocenters. The molecule has 0 saturated carbocycles. The molecule has 0 fully saturated rings. The number of nitrogens with zero attached hydrogens (tertiary/aromatic N) is 1. The predicted octanol–water partition coefficient (Wildman–Crippen LogP) is 6.30. The van der Waals surface area contributed by atoms with Gasteiger partial charge in [-0.05, 0) is 48.4 Å². The van der Waals surface area contributed by atoms with Crippen molar-refractivity contribution in [3.8, 4) is 11.1 Å². The highest BCUT2D eigenvalue weighted by Crippen LogP contribution is 2.39. The van der Waals surface area contributed by atoms with E-state index in [0.29, 0.717) is 0 Å². The fourth-order valence-electron chi connectivity index (χ4n) is 3.92. The van der Waals surface area contributed by atoms with E-state index in [9.17, 15) is 4.79 Å². The number of hydrogen-bond donors (Lipinski definition) is 0. The first-order valence-corrected chi connectivity index (χ1v) is 9.55. The van der Waals surface area contributed by atoms with Crippen molar-refractivity contribution in [1.82, 2.24) is 0 Å². The Kier molecular flexibility index (Phi) is 5.15. The Bertz CT molecular complexity index is 944. The smallest absolute Gasteiger partial charge is 0.218 e. The Morgan fingerprint density at radius 1 is 0.667 bits per heavy atom. The number of rotatable bonds is 5. The largest absolute Gasteiger partial charge is 0.287 e. The highest BCUT2D eigenvalue weighted by atomic mass is 16.1. The van der Waals surface area contributed by atoms with E-state index < -0.39 is 0 Å². The quantitative estimate of drug-likeness (QED) is 0.493. The highest BCUT2D eigenvalue weighted by molar-refractivity contribution is 5.92. The average Bonchev–Trinajstić information content (AvgIpc) is 2.76. The van der Waals surface area contributed by atoms with Crippen molar-refractivity contribution in [3.63, 3.8) is 0 Å². The molecule has 4 rings (SSSR count). The number of carbonyl (C=O) groups is 1. The molecule has 0 saturated heterocycles. The molecule has 0 heterocycles. The first kappa shape index (κ1) is 17.3. The van der Waals surface area contributed by atoms with E-state index in [1.807, 2.05) is 47.4 Å². The zero-order valence-electron chi connectivity index (χ0n) is 15.3. The van der Waals surface area contributed by atoms with Crippen LogP contribution >= 0.6 is 0 Å². The van der Waals surface area contributed by atoms with Crippen molar-refractivity contribution in [2.24, 2.45) is 0 Å². The summed E-state index contributed by atoms with van der Waals surface area (Å²) in [6, 6.07) is 28.9. The van der Waals surface area contributed by atoms with Crippen LogP contribution in [0.2, 0.25) is 0 Å². The number of benzene rings is 3. The lowest BCUT2D eigenvalue weighted by molar-refractivity contribution is -0.107. The zero-order chi connectivity index (χ0) is 18.5. The summed E-state index contributed by atoms with van der Waals surface area (Å²) in [6.07, 6.45) is 5.19. The molecule has 3 aromatic rings. The number of para-hydroxylation sites is 1. The Balaban J connectivity index is 1.85. The summed E-state index contributed by atoms with van der Waals surface area (Å²) in [6.45, 7) is 0. The number of hydrogen-bond acceptors (Lipinski definition) is 1. The minimum atomic E-state index is 0.923. The van der Waals surface area contributed by atoms with Crippen molar-refractivity contribution < 1.29 is 4.79 Å². The van der Waals surface area contributed by atoms with Crippen LogP contribution in [0.25, 0.3) is 16.7 Å². The predicted molar refractivity (Wildman–Crippen MR) is 112 cm³/mol. The van der Waals surface area contributed by atoms with Crippen LogP contribution in [0.3, 0.4) is 0 Å². The maximum absolute atomic E-state index is 12.3. The molecule has 2 heteroatoms. The van der Waals surface area contributed by atoms with Gasteiger partial charge in [-0.25, -0.2) is 0 Å². The summed E-state index contributed by atoms with van der Waals surface area (Å²) in [4.78, 5) is 14.1. The molecular weight excluding hydrogens is 330 g/mol. The van der Waals surface area contributed by atoms with Gasteiger partial charge in [0.2, 0.25) is 6.41 Å². The first-order valence-electron chi connectivity index (χ1n) is 9.55. The highest BCUT2D eigenvalue weighted by Gasteiger charge is 2.22. The monoisotopic (exact) mass is 353 g/mol. The third-order valence-corrected chi connectivity index (χ3v) is 5.21. The van der Waals surface area contributed by atoms with Crippen molar-refractivity contribution in [3.05, 3.63) is 96.2 Å². The van der Waals surface area contributed by atoms with Crippen LogP contribution in [0.5, 0.6) is 0 Å². The maximum atomic E-state index is 12.3. The molecule has 1 aliphatic carbocycles. The molecule has 0 radical (unpaired) electrons. The van der Waals surface area contributed by atoms with Crippen LogP contribution in [0.1, 0.15) is 31.2 Å². The van der Waals surface area contributed by atoms with Gasteiger partial charge >= 0.3 is 0 Å². The van der Waals surface area contributed by atoms with Gasteiger partial charge in [0.05, 0.1) is 5.69 Å². The lowest BCUT2D eigenvalue weighted by Crippen LogP contribution is -2.24. The minimum absolute atomic E-state index is 0.923. The molecule has 3 aromatic carbocycles. The van der Waals surface area contributed by atoms with Crippen molar-refractivity contribution in [2.45, 2.75) is 25.7 Å². The lowest BCUT2D eigenvalue weighted by Gasteiger charge is -2.29. The van der Waals surface area contributed by atoms with Gasteiger partial charge in [-0.15, -0.1) is 0 Å². The van der Waals surface area contributed by atoms with Crippen molar-refractivity contribution in [1.29, 1.82) is 0 Å². The van der Waals surface area contributed by atoms with Gasteiger partial charge in [-0.2, -0.15) is 0 Å². The molecule has 0 spiro atoms. The molecule has 0 aliphatic heterocycles. The van der Waals surface area contributed by atoms with Gasteiger partial charge < -0.3 is 0 Å². The summed E-state index contributed by atoms with van der Waals surface area (Å²) >= 11 is 0. The second-order valence-corrected chi connectivity index (χ2v) is 6.86. The van der Waals surface area contributed by atoms with E-state index in [4.69, 9.17) is 0 Å². The number of anilines is 1. The van der Waals surface area contributed by atoms with E-state index in [1.54, 1.807) is 0 Å². The third-order valence-electron chi connectivity index (χ3n) is 5.21. The molecule has 134 valence electrons. The fraction of sp³-hybridized carbons (Fsp3) is 0.160. The Hall–Kier alpha value is -3.13. The van der Waals surface area contributed by atoms with Crippen LogP contribution in [0, 0.1) is 0 Å². The van der Waals surface area contributed by atoms with Crippen LogP contribution in [0.15, 0.2) is 90.6 Å². The van der Waals surface area contributed by atoms with Crippen molar-refractivity contribution in [2.75, 3.05) is 4.90 Å². The summed E-state index contributed by atoms with van der Waals surface area (Å²) in [5.74, 6) is 0.